The molecular weight excluding hydrogens is 312 g/mol. The van der Waals surface area contributed by atoms with Gasteiger partial charge >= 0.3 is 0 Å². The zero-order valence-corrected chi connectivity index (χ0v) is 14.8. The van der Waals surface area contributed by atoms with Gasteiger partial charge in [-0.05, 0) is 35.8 Å². The molecule has 1 N–H and O–H groups in total. The van der Waals surface area contributed by atoms with Crippen LogP contribution in [0.25, 0.3) is 0 Å². The van der Waals surface area contributed by atoms with E-state index in [2.05, 4.69) is 23.2 Å². The van der Waals surface area contributed by atoms with Crippen molar-refractivity contribution < 1.29 is 9.53 Å². The number of nitrogens with zero attached hydrogens (tertiary/aromatic N) is 1. The van der Waals surface area contributed by atoms with Gasteiger partial charge in [0.25, 0.3) is 0 Å². The number of fused-ring (bicyclic) bond motifs is 1. The van der Waals surface area contributed by atoms with Crippen LogP contribution in [0, 0.1) is 17.8 Å². The van der Waals surface area contributed by atoms with E-state index in [1.165, 1.54) is 5.56 Å². The lowest BCUT2D eigenvalue weighted by Crippen LogP contribution is -2.33. The van der Waals surface area contributed by atoms with Crippen molar-refractivity contribution in [2.24, 2.45) is 17.8 Å². The lowest BCUT2D eigenvalue weighted by atomic mass is 9.97. The number of hydrogen-bond acceptors (Lipinski definition) is 3. The highest BCUT2D eigenvalue weighted by Gasteiger charge is 2.38. The van der Waals surface area contributed by atoms with Gasteiger partial charge in [-0.1, -0.05) is 25.1 Å². The Morgan fingerprint density at radius 2 is 1.96 bits per heavy atom. The summed E-state index contributed by atoms with van der Waals surface area (Å²) in [6.45, 7) is 6.19. The average Bonchev–Trinajstić information content (AvgIpc) is 3.08. The van der Waals surface area contributed by atoms with E-state index in [1.807, 2.05) is 18.2 Å². The molecule has 0 saturated carbocycles. The minimum Gasteiger partial charge on any atom is -0.496 e. The molecule has 0 aromatic heterocycles. The molecular formula is C18H27ClN2O2. The van der Waals surface area contributed by atoms with Gasteiger partial charge in [0.15, 0.2) is 0 Å². The molecule has 3 atom stereocenters. The Morgan fingerprint density at radius 3 is 2.61 bits per heavy atom. The monoisotopic (exact) mass is 338 g/mol. The summed E-state index contributed by atoms with van der Waals surface area (Å²) in [7, 11) is 1.70. The summed E-state index contributed by atoms with van der Waals surface area (Å²) < 4.78 is 5.40. The normalized spacial score (nSPS) is 24.0. The molecule has 128 valence electrons. The van der Waals surface area contributed by atoms with Crippen LogP contribution in [-0.2, 0) is 11.2 Å². The van der Waals surface area contributed by atoms with Crippen LogP contribution < -0.4 is 10.1 Å². The standard InChI is InChI=1S/C18H26N2O2.ClH/c1-13(7-14-5-3-4-6-17(14)22-2)8-18(21)20-11-15-9-19-10-16(15)12-20;/h3-6,13,15-16,19H,7-12H2,1-2H3;1H/t13?,15-,16+;. The fourth-order valence-electron chi connectivity index (χ4n) is 3.81. The Hall–Kier alpha value is -1.26. The number of benzene rings is 1. The molecule has 1 aromatic rings. The van der Waals surface area contributed by atoms with Crippen molar-refractivity contribution in [1.29, 1.82) is 0 Å². The highest BCUT2D eigenvalue weighted by molar-refractivity contribution is 5.85. The second-order valence-electron chi connectivity index (χ2n) is 6.80. The van der Waals surface area contributed by atoms with Gasteiger partial charge < -0.3 is 15.0 Å². The summed E-state index contributed by atoms with van der Waals surface area (Å²) in [6.07, 6.45) is 1.52. The van der Waals surface area contributed by atoms with Crippen LogP contribution in [0.5, 0.6) is 5.75 Å². The third-order valence-corrected chi connectivity index (χ3v) is 5.03. The third-order valence-electron chi connectivity index (χ3n) is 5.03. The molecule has 23 heavy (non-hydrogen) atoms. The van der Waals surface area contributed by atoms with E-state index in [4.69, 9.17) is 4.74 Å². The third kappa shape index (κ3) is 4.18. The average molecular weight is 339 g/mol. The van der Waals surface area contributed by atoms with Crippen LogP contribution in [-0.4, -0.2) is 44.1 Å². The second kappa shape index (κ2) is 8.02. The Kier molecular flexibility index (Phi) is 6.31. The molecule has 0 aliphatic carbocycles. The molecule has 0 spiro atoms. The van der Waals surface area contributed by atoms with Crippen LogP contribution in [0.15, 0.2) is 24.3 Å². The van der Waals surface area contributed by atoms with E-state index in [0.717, 1.165) is 38.3 Å². The van der Waals surface area contributed by atoms with Crippen molar-refractivity contribution in [3.8, 4) is 5.75 Å². The lowest BCUT2D eigenvalue weighted by Gasteiger charge is -2.20. The molecule has 5 heteroatoms. The van der Waals surface area contributed by atoms with Gasteiger partial charge in [-0.25, -0.2) is 0 Å². The summed E-state index contributed by atoms with van der Waals surface area (Å²) in [4.78, 5) is 14.6. The first-order chi connectivity index (χ1) is 10.7. The first-order valence-electron chi connectivity index (χ1n) is 8.27. The van der Waals surface area contributed by atoms with Gasteiger partial charge in [0.2, 0.25) is 5.91 Å². The molecule has 0 radical (unpaired) electrons. The second-order valence-corrected chi connectivity index (χ2v) is 6.80. The predicted octanol–water partition coefficient (Wildman–Crippen LogP) is 2.36. The maximum absolute atomic E-state index is 12.5. The van der Waals surface area contributed by atoms with Gasteiger partial charge in [-0.3, -0.25) is 4.79 Å². The number of hydrogen-bond donors (Lipinski definition) is 1. The number of nitrogens with one attached hydrogen (secondary N) is 1. The molecule has 2 fully saturated rings. The van der Waals surface area contributed by atoms with Crippen LogP contribution in [0.2, 0.25) is 0 Å². The number of carbonyl (C=O) groups is 1. The zero-order chi connectivity index (χ0) is 15.5. The van der Waals surface area contributed by atoms with E-state index >= 15 is 0 Å². The highest BCUT2D eigenvalue weighted by Crippen LogP contribution is 2.28. The predicted molar refractivity (Wildman–Crippen MR) is 94.2 cm³/mol. The van der Waals surface area contributed by atoms with Crippen molar-refractivity contribution in [1.82, 2.24) is 10.2 Å². The van der Waals surface area contributed by atoms with Crippen molar-refractivity contribution >= 4 is 18.3 Å². The highest BCUT2D eigenvalue weighted by atomic mass is 35.5. The maximum Gasteiger partial charge on any atom is 0.222 e. The number of ether oxygens (including phenoxy) is 1. The Balaban J connectivity index is 0.00000192. The Bertz CT molecular complexity index is 526. The molecule has 1 amide bonds. The zero-order valence-electron chi connectivity index (χ0n) is 14.0. The minimum atomic E-state index is 0. The van der Waals surface area contributed by atoms with E-state index in [9.17, 15) is 4.79 Å². The molecule has 3 rings (SSSR count). The molecule has 2 aliphatic heterocycles. The molecule has 4 nitrogen and oxygen atoms in total. The fourth-order valence-corrected chi connectivity index (χ4v) is 3.81. The lowest BCUT2D eigenvalue weighted by molar-refractivity contribution is -0.131. The van der Waals surface area contributed by atoms with Crippen molar-refractivity contribution in [2.45, 2.75) is 19.8 Å². The number of halogens is 1. The topological polar surface area (TPSA) is 41.6 Å². The number of amides is 1. The smallest absolute Gasteiger partial charge is 0.222 e. The van der Waals surface area contributed by atoms with Crippen LogP contribution in [0.1, 0.15) is 18.9 Å². The van der Waals surface area contributed by atoms with Crippen molar-refractivity contribution in [2.75, 3.05) is 33.3 Å². The molecule has 1 aromatic carbocycles. The van der Waals surface area contributed by atoms with Crippen LogP contribution in [0.3, 0.4) is 0 Å². The first-order valence-corrected chi connectivity index (χ1v) is 8.27. The Labute approximate surface area is 145 Å². The van der Waals surface area contributed by atoms with E-state index in [1.54, 1.807) is 7.11 Å². The van der Waals surface area contributed by atoms with E-state index < -0.39 is 0 Å². The molecule has 2 heterocycles. The number of rotatable bonds is 5. The van der Waals surface area contributed by atoms with E-state index in [0.29, 0.717) is 30.1 Å². The quantitative estimate of drug-likeness (QED) is 0.896. The van der Waals surface area contributed by atoms with Crippen molar-refractivity contribution in [3.05, 3.63) is 29.8 Å². The number of para-hydroxylation sites is 1. The first kappa shape index (κ1) is 18.1. The summed E-state index contributed by atoms with van der Waals surface area (Å²) in [5, 5.41) is 3.42. The van der Waals surface area contributed by atoms with Crippen LogP contribution in [0.4, 0.5) is 0 Å². The summed E-state index contributed by atoms with van der Waals surface area (Å²) in [6, 6.07) is 8.08. The minimum absolute atomic E-state index is 0. The summed E-state index contributed by atoms with van der Waals surface area (Å²) in [5.41, 5.74) is 1.19. The molecule has 1 unspecified atom stereocenters. The number of likely N-dealkylation sites (tertiary alicyclic amines) is 1. The van der Waals surface area contributed by atoms with E-state index in [-0.39, 0.29) is 12.4 Å². The summed E-state index contributed by atoms with van der Waals surface area (Å²) in [5.74, 6) is 2.92. The maximum atomic E-state index is 12.5. The fraction of sp³-hybridized carbons (Fsp3) is 0.611. The van der Waals surface area contributed by atoms with Gasteiger partial charge in [0, 0.05) is 32.6 Å². The number of carbonyl (C=O) groups excluding carboxylic acids is 1. The van der Waals surface area contributed by atoms with Gasteiger partial charge in [0.05, 0.1) is 7.11 Å². The Morgan fingerprint density at radius 1 is 1.30 bits per heavy atom. The van der Waals surface area contributed by atoms with Crippen LogP contribution >= 0.6 is 12.4 Å². The molecule has 0 bridgehead atoms. The van der Waals surface area contributed by atoms with Gasteiger partial charge in [-0.2, -0.15) is 0 Å². The van der Waals surface area contributed by atoms with Gasteiger partial charge in [-0.15, -0.1) is 12.4 Å². The largest absolute Gasteiger partial charge is 0.496 e. The molecule has 2 aliphatic rings. The number of methoxy groups -OCH3 is 1. The van der Waals surface area contributed by atoms with Gasteiger partial charge in [0.1, 0.15) is 5.75 Å². The molecule has 2 saturated heterocycles. The van der Waals surface area contributed by atoms with Crippen molar-refractivity contribution in [3.63, 3.8) is 0 Å². The SMILES string of the molecule is COc1ccccc1CC(C)CC(=O)N1C[C@H]2CNC[C@H]2C1.Cl. The summed E-state index contributed by atoms with van der Waals surface area (Å²) >= 11 is 0.